The maximum atomic E-state index is 9.08. The van der Waals surface area contributed by atoms with E-state index in [0.29, 0.717) is 5.75 Å². The van der Waals surface area contributed by atoms with E-state index < -0.39 is 0 Å². The van der Waals surface area contributed by atoms with Crippen molar-refractivity contribution in [3.63, 3.8) is 0 Å². The van der Waals surface area contributed by atoms with E-state index in [1.54, 1.807) is 12.1 Å². The molecule has 0 saturated heterocycles. The van der Waals surface area contributed by atoms with Gasteiger partial charge in [0.05, 0.1) is 0 Å². The molecule has 1 aromatic carbocycles. The van der Waals surface area contributed by atoms with Crippen molar-refractivity contribution in [2.75, 3.05) is 6.61 Å². The summed E-state index contributed by atoms with van der Waals surface area (Å²) >= 11 is 0. The fourth-order valence-electron chi connectivity index (χ4n) is 0.932. The minimum Gasteiger partial charge on any atom is -0.508 e. The molecule has 2 nitrogen and oxygen atoms in total. The van der Waals surface area contributed by atoms with Gasteiger partial charge in [-0.25, -0.2) is 0 Å². The van der Waals surface area contributed by atoms with Crippen molar-refractivity contribution < 1.29 is 9.53 Å². The molecule has 3 heteroatoms. The molecule has 1 rings (SSSR count). The van der Waals surface area contributed by atoms with Crippen LogP contribution in [0.4, 0.5) is 0 Å². The number of aromatic hydroxyl groups is 1. The predicted molar refractivity (Wildman–Crippen MR) is 47.7 cm³/mol. The van der Waals surface area contributed by atoms with Crippen molar-refractivity contribution in [2.45, 2.75) is 6.42 Å². The van der Waals surface area contributed by atoms with Crippen molar-refractivity contribution in [3.05, 3.63) is 29.8 Å². The van der Waals surface area contributed by atoms with Gasteiger partial charge in [0, 0.05) is 6.61 Å². The van der Waals surface area contributed by atoms with E-state index in [4.69, 9.17) is 9.53 Å². The highest BCUT2D eigenvalue weighted by atomic mass is 28.2. The molecule has 0 saturated carbocycles. The molecule has 60 valence electrons. The zero-order valence-corrected chi connectivity index (χ0v) is 8.58. The number of phenolic OH excluding ortho intramolecular Hbond substituents is 1. The summed E-state index contributed by atoms with van der Waals surface area (Å²) < 4.78 is 5.04. The van der Waals surface area contributed by atoms with Crippen molar-refractivity contribution in [2.24, 2.45) is 0 Å². The van der Waals surface area contributed by atoms with Crippen molar-refractivity contribution >= 4 is 10.5 Å². The van der Waals surface area contributed by atoms with Gasteiger partial charge in [-0.15, -0.1) is 0 Å². The molecule has 0 aromatic heterocycles. The molecular formula is C8H12O2Si. The van der Waals surface area contributed by atoms with Gasteiger partial charge < -0.3 is 9.53 Å². The highest BCUT2D eigenvalue weighted by Gasteiger charge is 1.92. The lowest BCUT2D eigenvalue weighted by Crippen LogP contribution is -1.94. The average molecular weight is 168 g/mol. The summed E-state index contributed by atoms with van der Waals surface area (Å²) in [5.41, 5.74) is 1.13. The molecule has 0 atom stereocenters. The normalized spacial score (nSPS) is 10.2. The standard InChI is InChI=1S/C8H12O2Si/c9-8-3-1-2-7(6-8)4-5-10-11/h1-3,6,9H,4-5H2,11H3. The molecule has 0 bridgehead atoms. The number of hydrogen-bond acceptors (Lipinski definition) is 2. The molecule has 0 fully saturated rings. The zero-order chi connectivity index (χ0) is 8.10. The van der Waals surface area contributed by atoms with Crippen molar-refractivity contribution in [1.29, 1.82) is 0 Å². The monoisotopic (exact) mass is 168 g/mol. The lowest BCUT2D eigenvalue weighted by Gasteiger charge is -2.00. The Bertz CT molecular complexity index is 225. The minimum atomic E-state index is 0.329. The smallest absolute Gasteiger partial charge is 0.145 e. The van der Waals surface area contributed by atoms with Crippen LogP contribution in [0.5, 0.6) is 5.75 Å². The molecular weight excluding hydrogens is 156 g/mol. The van der Waals surface area contributed by atoms with Gasteiger partial charge in [0.25, 0.3) is 0 Å². The van der Waals surface area contributed by atoms with E-state index in [2.05, 4.69) is 0 Å². The van der Waals surface area contributed by atoms with Crippen molar-refractivity contribution in [3.8, 4) is 5.75 Å². The first kappa shape index (κ1) is 8.29. The Balaban J connectivity index is 2.56. The van der Waals surface area contributed by atoms with E-state index >= 15 is 0 Å². The van der Waals surface area contributed by atoms with Gasteiger partial charge in [-0.3, -0.25) is 0 Å². The van der Waals surface area contributed by atoms with E-state index in [1.807, 2.05) is 12.1 Å². The summed E-state index contributed by atoms with van der Waals surface area (Å²) in [6, 6.07) is 7.27. The van der Waals surface area contributed by atoms with E-state index in [-0.39, 0.29) is 0 Å². The van der Waals surface area contributed by atoms with Crippen LogP contribution in [-0.4, -0.2) is 22.2 Å². The molecule has 0 aliphatic rings. The Kier molecular flexibility index (Phi) is 3.13. The number of hydrogen-bond donors (Lipinski definition) is 1. The molecule has 0 heterocycles. The molecule has 0 aliphatic carbocycles. The Labute approximate surface area is 69.4 Å². The second-order valence-electron chi connectivity index (χ2n) is 2.41. The highest BCUT2D eigenvalue weighted by molar-refractivity contribution is 5.97. The fraction of sp³-hybridized carbons (Fsp3) is 0.250. The zero-order valence-electron chi connectivity index (χ0n) is 6.58. The van der Waals surface area contributed by atoms with Crippen LogP contribution in [0.3, 0.4) is 0 Å². The Morgan fingerprint density at radius 2 is 2.27 bits per heavy atom. The lowest BCUT2D eigenvalue weighted by molar-refractivity contribution is 0.354. The summed E-state index contributed by atoms with van der Waals surface area (Å²) in [6.45, 7) is 0.760. The third-order valence-corrected chi connectivity index (χ3v) is 1.91. The SMILES string of the molecule is Oc1cccc(CCO[SiH3])c1. The maximum Gasteiger partial charge on any atom is 0.145 e. The fourth-order valence-corrected chi connectivity index (χ4v) is 1.14. The van der Waals surface area contributed by atoms with Crippen LogP contribution in [0.15, 0.2) is 24.3 Å². The molecule has 0 unspecified atom stereocenters. The number of rotatable bonds is 3. The molecule has 0 radical (unpaired) electrons. The van der Waals surface area contributed by atoms with Gasteiger partial charge in [0.15, 0.2) is 0 Å². The minimum absolute atomic E-state index is 0.329. The molecule has 0 aliphatic heterocycles. The van der Waals surface area contributed by atoms with Crippen LogP contribution < -0.4 is 0 Å². The van der Waals surface area contributed by atoms with Gasteiger partial charge in [0.2, 0.25) is 0 Å². The summed E-state index contributed by atoms with van der Waals surface area (Å²) in [5, 5.41) is 9.08. The van der Waals surface area contributed by atoms with Gasteiger partial charge in [-0.1, -0.05) is 12.1 Å². The summed E-state index contributed by atoms with van der Waals surface area (Å²) in [4.78, 5) is 0. The molecule has 0 spiro atoms. The first-order chi connectivity index (χ1) is 5.33. The second-order valence-corrected chi connectivity index (χ2v) is 2.99. The van der Waals surface area contributed by atoms with Gasteiger partial charge in [-0.05, 0) is 24.1 Å². The van der Waals surface area contributed by atoms with Crippen LogP contribution in [0.2, 0.25) is 0 Å². The van der Waals surface area contributed by atoms with Gasteiger partial charge in [0.1, 0.15) is 16.2 Å². The quantitative estimate of drug-likeness (QED) is 0.655. The number of benzene rings is 1. The topological polar surface area (TPSA) is 29.5 Å². The lowest BCUT2D eigenvalue weighted by atomic mass is 10.1. The van der Waals surface area contributed by atoms with Crippen LogP contribution in [-0.2, 0) is 10.8 Å². The first-order valence-corrected chi connectivity index (χ1v) is 4.41. The van der Waals surface area contributed by atoms with Crippen LogP contribution in [0.1, 0.15) is 5.56 Å². The van der Waals surface area contributed by atoms with Crippen LogP contribution in [0.25, 0.3) is 0 Å². The van der Waals surface area contributed by atoms with E-state index in [1.165, 1.54) is 0 Å². The largest absolute Gasteiger partial charge is 0.508 e. The van der Waals surface area contributed by atoms with E-state index in [9.17, 15) is 0 Å². The Morgan fingerprint density at radius 1 is 1.45 bits per heavy atom. The van der Waals surface area contributed by atoms with Crippen LogP contribution >= 0.6 is 0 Å². The Hall–Kier alpha value is -0.803. The third-order valence-electron chi connectivity index (χ3n) is 1.51. The van der Waals surface area contributed by atoms with Crippen molar-refractivity contribution in [1.82, 2.24) is 0 Å². The highest BCUT2D eigenvalue weighted by Crippen LogP contribution is 2.10. The summed E-state index contributed by atoms with van der Waals surface area (Å²) in [5.74, 6) is 0.329. The number of phenols is 1. The maximum absolute atomic E-state index is 9.08. The molecule has 0 amide bonds. The summed E-state index contributed by atoms with van der Waals surface area (Å²) in [7, 11) is 0.785. The Morgan fingerprint density at radius 3 is 2.91 bits per heavy atom. The van der Waals surface area contributed by atoms with E-state index in [0.717, 1.165) is 29.1 Å². The predicted octanol–water partition coefficient (Wildman–Crippen LogP) is 0.232. The average Bonchev–Trinajstić information content (AvgIpc) is 2.01. The second kappa shape index (κ2) is 4.15. The molecule has 11 heavy (non-hydrogen) atoms. The summed E-state index contributed by atoms with van der Waals surface area (Å²) in [6.07, 6.45) is 0.887. The van der Waals surface area contributed by atoms with Gasteiger partial charge >= 0.3 is 0 Å². The van der Waals surface area contributed by atoms with Gasteiger partial charge in [-0.2, -0.15) is 0 Å². The molecule has 1 N–H and O–H groups in total. The van der Waals surface area contributed by atoms with Crippen LogP contribution in [0, 0.1) is 0 Å². The molecule has 1 aromatic rings. The third kappa shape index (κ3) is 2.74. The first-order valence-electron chi connectivity index (χ1n) is 3.60.